The monoisotopic (exact) mass is 523 g/mol. The molecule has 0 spiro atoms. The van der Waals surface area contributed by atoms with Crippen molar-refractivity contribution in [2.24, 2.45) is 0 Å². The number of nitrogens with zero attached hydrogens (tertiary/aromatic N) is 2. The minimum atomic E-state index is -4.82. The maximum absolute atomic E-state index is 12.4. The van der Waals surface area contributed by atoms with Crippen LogP contribution in [0.5, 0.6) is 11.5 Å². The highest BCUT2D eigenvalue weighted by atomic mass is 35.5. The summed E-state index contributed by atoms with van der Waals surface area (Å²) in [7, 11) is 0. The van der Waals surface area contributed by atoms with E-state index in [-0.39, 0.29) is 23.2 Å². The van der Waals surface area contributed by atoms with Crippen LogP contribution in [0.4, 0.5) is 13.2 Å². The first-order valence-electron chi connectivity index (χ1n) is 10.1. The molecule has 0 saturated carbocycles. The van der Waals surface area contributed by atoms with Crippen molar-refractivity contribution in [3.05, 3.63) is 65.2 Å². The van der Waals surface area contributed by atoms with Crippen LogP contribution in [-0.2, 0) is 11.4 Å². The number of benzene rings is 2. The zero-order valence-electron chi connectivity index (χ0n) is 18.1. The second kappa shape index (κ2) is 10.4. The van der Waals surface area contributed by atoms with Crippen LogP contribution in [0, 0.1) is 0 Å². The lowest BCUT2D eigenvalue weighted by Crippen LogP contribution is -2.17. The summed E-state index contributed by atoms with van der Waals surface area (Å²) in [6.07, 6.45) is -4.82. The third-order valence-corrected chi connectivity index (χ3v) is 5.74. The number of thioether (sulfide) groups is 1. The molecule has 0 amide bonds. The highest BCUT2D eigenvalue weighted by molar-refractivity contribution is 7.99. The first-order valence-corrected chi connectivity index (χ1v) is 11.4. The number of H-pyrrole nitrogens is 1. The standard InChI is InChI=1S/C23H17ClF3N3O4S/c1-13(31)12-35-22-28-21(29-30-22)20-8-7-18(33-20)15-3-2-4-16(10-15)32-11-14-5-6-19(17(24)9-14)34-23(25,26)27/h2-10H,11-12H2,1H3,(H,28,29,30). The third kappa shape index (κ3) is 6.80. The predicted octanol–water partition coefficient (Wildman–Crippen LogP) is 6.54. The zero-order valence-corrected chi connectivity index (χ0v) is 19.6. The molecule has 0 aliphatic carbocycles. The van der Waals surface area contributed by atoms with Crippen LogP contribution in [0.3, 0.4) is 0 Å². The summed E-state index contributed by atoms with van der Waals surface area (Å²) in [5.74, 6) is 1.83. The Morgan fingerprint density at radius 2 is 1.94 bits per heavy atom. The van der Waals surface area contributed by atoms with E-state index in [4.69, 9.17) is 20.8 Å². The van der Waals surface area contributed by atoms with E-state index in [0.717, 1.165) is 11.6 Å². The summed E-state index contributed by atoms with van der Waals surface area (Å²) in [5.41, 5.74) is 1.31. The number of hydrogen-bond donors (Lipinski definition) is 1. The molecule has 4 rings (SSSR count). The van der Waals surface area contributed by atoms with E-state index in [1.165, 1.54) is 30.8 Å². The number of hydrogen-bond acceptors (Lipinski definition) is 7. The number of ether oxygens (including phenoxy) is 2. The summed E-state index contributed by atoms with van der Waals surface area (Å²) in [6.45, 7) is 1.58. The molecule has 0 aliphatic heterocycles. The number of carbonyl (C=O) groups is 1. The highest BCUT2D eigenvalue weighted by Crippen LogP contribution is 2.32. The van der Waals surface area contributed by atoms with Crippen LogP contribution in [0.2, 0.25) is 5.02 Å². The molecule has 0 radical (unpaired) electrons. The normalized spacial score (nSPS) is 11.5. The summed E-state index contributed by atoms with van der Waals surface area (Å²) >= 11 is 7.12. The molecule has 2 aromatic heterocycles. The SMILES string of the molecule is CC(=O)CSc1n[nH]c(-c2ccc(-c3cccc(OCc4ccc(OC(F)(F)F)c(Cl)c4)c3)o2)n1. The summed E-state index contributed by atoms with van der Waals surface area (Å²) in [4.78, 5) is 15.4. The van der Waals surface area contributed by atoms with Gasteiger partial charge in [0.25, 0.3) is 0 Å². The Morgan fingerprint density at radius 3 is 2.69 bits per heavy atom. The van der Waals surface area contributed by atoms with Gasteiger partial charge in [-0.2, -0.15) is 4.98 Å². The Labute approximate surface area is 206 Å². The molecule has 2 heterocycles. The van der Waals surface area contributed by atoms with Gasteiger partial charge in [-0.25, -0.2) is 0 Å². The minimum absolute atomic E-state index is 0.0271. The van der Waals surface area contributed by atoms with E-state index in [1.54, 1.807) is 30.3 Å². The molecule has 0 atom stereocenters. The molecule has 0 aliphatic rings. The van der Waals surface area contributed by atoms with E-state index in [0.29, 0.717) is 33.8 Å². The number of alkyl halides is 3. The minimum Gasteiger partial charge on any atom is -0.489 e. The molecule has 12 heteroatoms. The Morgan fingerprint density at radius 1 is 1.14 bits per heavy atom. The van der Waals surface area contributed by atoms with Crippen LogP contribution in [0.15, 0.2) is 64.2 Å². The van der Waals surface area contributed by atoms with Crippen molar-refractivity contribution in [2.75, 3.05) is 5.75 Å². The lowest BCUT2D eigenvalue weighted by atomic mass is 10.1. The molecule has 1 N–H and O–H groups in total. The topological polar surface area (TPSA) is 90.2 Å². The number of Topliss-reactive ketones (excluding diaryl/α,β-unsaturated/α-hetero) is 1. The van der Waals surface area contributed by atoms with Gasteiger partial charge in [-0.1, -0.05) is 41.6 Å². The van der Waals surface area contributed by atoms with E-state index >= 15 is 0 Å². The smallest absolute Gasteiger partial charge is 0.489 e. The predicted molar refractivity (Wildman–Crippen MR) is 123 cm³/mol. The molecule has 7 nitrogen and oxygen atoms in total. The molecule has 35 heavy (non-hydrogen) atoms. The molecular weight excluding hydrogens is 507 g/mol. The van der Waals surface area contributed by atoms with E-state index in [9.17, 15) is 18.0 Å². The third-order valence-electron chi connectivity index (χ3n) is 4.45. The molecule has 0 unspecified atom stereocenters. The van der Waals surface area contributed by atoms with Crippen LogP contribution in [0.25, 0.3) is 22.9 Å². The molecule has 0 saturated heterocycles. The maximum atomic E-state index is 12.4. The fraction of sp³-hybridized carbons (Fsp3) is 0.174. The van der Waals surface area contributed by atoms with E-state index in [2.05, 4.69) is 19.9 Å². The zero-order chi connectivity index (χ0) is 25.0. The van der Waals surface area contributed by atoms with Crippen LogP contribution in [-0.4, -0.2) is 33.1 Å². The first kappa shape index (κ1) is 24.7. The van der Waals surface area contributed by atoms with Gasteiger partial charge in [-0.05, 0) is 48.9 Å². The van der Waals surface area contributed by atoms with Crippen LogP contribution in [0.1, 0.15) is 12.5 Å². The Balaban J connectivity index is 1.41. The van der Waals surface area contributed by atoms with Crippen molar-refractivity contribution in [3.8, 4) is 34.4 Å². The summed E-state index contributed by atoms with van der Waals surface area (Å²) in [5, 5.41) is 7.13. The fourth-order valence-electron chi connectivity index (χ4n) is 2.96. The van der Waals surface area contributed by atoms with Crippen LogP contribution >= 0.6 is 23.4 Å². The van der Waals surface area contributed by atoms with E-state index in [1.807, 2.05) is 6.07 Å². The molecule has 4 aromatic rings. The largest absolute Gasteiger partial charge is 0.573 e. The Kier molecular flexibility index (Phi) is 7.37. The molecule has 0 bridgehead atoms. The first-order chi connectivity index (χ1) is 16.7. The number of aromatic amines is 1. The molecular formula is C23H17ClF3N3O4S. The van der Waals surface area contributed by atoms with Crippen LogP contribution < -0.4 is 9.47 Å². The molecule has 182 valence electrons. The number of rotatable bonds is 9. The quantitative estimate of drug-likeness (QED) is 0.249. The van der Waals surface area contributed by atoms with Gasteiger partial charge in [0.05, 0.1) is 10.8 Å². The van der Waals surface area contributed by atoms with Gasteiger partial charge in [0.15, 0.2) is 11.6 Å². The molecule has 2 aromatic carbocycles. The van der Waals surface area contributed by atoms with Gasteiger partial charge < -0.3 is 13.9 Å². The number of halogens is 4. The van der Waals surface area contributed by atoms with Crippen molar-refractivity contribution in [3.63, 3.8) is 0 Å². The van der Waals surface area contributed by atoms with Crippen molar-refractivity contribution in [2.45, 2.75) is 25.0 Å². The van der Waals surface area contributed by atoms with E-state index < -0.39 is 12.1 Å². The number of carbonyl (C=O) groups excluding carboxylic acids is 1. The van der Waals surface area contributed by atoms with Gasteiger partial charge in [-0.15, -0.1) is 18.3 Å². The van der Waals surface area contributed by atoms with Gasteiger partial charge in [-0.3, -0.25) is 9.89 Å². The fourth-order valence-corrected chi connectivity index (χ4v) is 3.80. The Hall–Kier alpha value is -3.44. The van der Waals surface area contributed by atoms with Crippen molar-refractivity contribution in [1.29, 1.82) is 0 Å². The average molecular weight is 524 g/mol. The summed E-state index contributed by atoms with van der Waals surface area (Å²) < 4.78 is 52.7. The van der Waals surface area contributed by atoms with Crippen molar-refractivity contribution < 1.29 is 31.9 Å². The number of aromatic nitrogens is 3. The van der Waals surface area contributed by atoms with Gasteiger partial charge in [0.1, 0.15) is 29.6 Å². The second-order valence-corrected chi connectivity index (χ2v) is 8.60. The number of nitrogens with one attached hydrogen (secondary N) is 1. The number of furan rings is 1. The van der Waals surface area contributed by atoms with Crippen molar-refractivity contribution in [1.82, 2.24) is 15.2 Å². The van der Waals surface area contributed by atoms with Gasteiger partial charge >= 0.3 is 6.36 Å². The highest BCUT2D eigenvalue weighted by Gasteiger charge is 2.32. The average Bonchev–Trinajstić information content (AvgIpc) is 3.47. The van der Waals surface area contributed by atoms with Gasteiger partial charge in [0.2, 0.25) is 5.16 Å². The maximum Gasteiger partial charge on any atom is 0.573 e. The lowest BCUT2D eigenvalue weighted by Gasteiger charge is -2.12. The Bertz CT molecular complexity index is 1340. The second-order valence-electron chi connectivity index (χ2n) is 7.25. The lowest BCUT2D eigenvalue weighted by molar-refractivity contribution is -0.274. The van der Waals surface area contributed by atoms with Crippen molar-refractivity contribution >= 4 is 29.1 Å². The van der Waals surface area contributed by atoms with Gasteiger partial charge in [0, 0.05) is 5.56 Å². The number of ketones is 1. The molecule has 0 fully saturated rings. The summed E-state index contributed by atoms with van der Waals surface area (Å²) in [6, 6.07) is 14.6.